The fourth-order valence-electron chi connectivity index (χ4n) is 10.8. The monoisotopic (exact) mass is 1080 g/mol. The van der Waals surface area contributed by atoms with E-state index in [1.54, 1.807) is 6.08 Å². The highest BCUT2D eigenvalue weighted by molar-refractivity contribution is 5.76. The highest BCUT2D eigenvalue weighted by Crippen LogP contribution is 2.18. The van der Waals surface area contributed by atoms with Crippen molar-refractivity contribution >= 4 is 11.9 Å². The van der Waals surface area contributed by atoms with Crippen molar-refractivity contribution in [2.24, 2.45) is 0 Å². The van der Waals surface area contributed by atoms with Gasteiger partial charge in [-0.1, -0.05) is 339 Å². The van der Waals surface area contributed by atoms with E-state index >= 15 is 0 Å². The van der Waals surface area contributed by atoms with Gasteiger partial charge >= 0.3 is 5.97 Å². The molecule has 0 spiro atoms. The number of nitrogens with one attached hydrogen (secondary N) is 1. The molecule has 0 radical (unpaired) electrons. The van der Waals surface area contributed by atoms with E-state index < -0.39 is 12.1 Å². The molecule has 3 N–H and O–H groups in total. The van der Waals surface area contributed by atoms with Gasteiger partial charge in [-0.25, -0.2) is 0 Å². The molecule has 0 saturated heterocycles. The summed E-state index contributed by atoms with van der Waals surface area (Å²) in [5.74, 6) is -0.0566. The van der Waals surface area contributed by atoms with E-state index in [1.807, 2.05) is 6.08 Å². The third-order valence-corrected chi connectivity index (χ3v) is 16.2. The number of allylic oxidation sites excluding steroid dienone is 5. The molecule has 2 atom stereocenters. The van der Waals surface area contributed by atoms with Crippen LogP contribution in [-0.2, 0) is 14.3 Å². The highest BCUT2D eigenvalue weighted by atomic mass is 16.5. The van der Waals surface area contributed by atoms with E-state index in [-0.39, 0.29) is 18.5 Å². The number of rotatable bonds is 65. The zero-order chi connectivity index (χ0) is 55.7. The van der Waals surface area contributed by atoms with E-state index in [4.69, 9.17) is 4.74 Å². The Labute approximate surface area is 481 Å². The Kier molecular flexibility index (Phi) is 64.9. The quantitative estimate of drug-likeness (QED) is 0.0320. The van der Waals surface area contributed by atoms with Crippen molar-refractivity contribution in [3.63, 3.8) is 0 Å². The minimum Gasteiger partial charge on any atom is -0.466 e. The van der Waals surface area contributed by atoms with Crippen molar-refractivity contribution in [2.45, 2.75) is 392 Å². The second-order valence-electron chi connectivity index (χ2n) is 23.9. The van der Waals surface area contributed by atoms with Crippen LogP contribution >= 0.6 is 0 Å². The Bertz CT molecular complexity index is 1250. The summed E-state index contributed by atoms with van der Waals surface area (Å²) in [6.07, 6.45) is 85.1. The summed E-state index contributed by atoms with van der Waals surface area (Å²) in [6, 6.07) is -0.625. The van der Waals surface area contributed by atoms with Crippen LogP contribution in [-0.4, -0.2) is 47.4 Å². The smallest absolute Gasteiger partial charge is 0.305 e. The molecule has 0 aromatic carbocycles. The fraction of sp³-hybridized carbons (Fsp3) is 0.887. The minimum atomic E-state index is -0.842. The summed E-state index contributed by atoms with van der Waals surface area (Å²) in [6.45, 7) is 4.91. The summed E-state index contributed by atoms with van der Waals surface area (Å²) in [4.78, 5) is 24.6. The van der Waals surface area contributed by atoms with Gasteiger partial charge in [0, 0.05) is 12.8 Å². The van der Waals surface area contributed by atoms with Crippen molar-refractivity contribution in [1.29, 1.82) is 0 Å². The molecule has 0 aliphatic carbocycles. The number of carbonyl (C=O) groups excluding carboxylic acids is 2. The van der Waals surface area contributed by atoms with Crippen LogP contribution in [0.15, 0.2) is 36.5 Å². The van der Waals surface area contributed by atoms with Crippen LogP contribution in [0.3, 0.4) is 0 Å². The highest BCUT2D eigenvalue weighted by Gasteiger charge is 2.18. The number of carbonyl (C=O) groups is 2. The van der Waals surface area contributed by atoms with Crippen LogP contribution < -0.4 is 5.32 Å². The lowest BCUT2D eigenvalue weighted by molar-refractivity contribution is -0.143. The number of amides is 1. The number of aliphatic hydroxyl groups excluding tert-OH is 2. The first-order valence-corrected chi connectivity index (χ1v) is 34.8. The third kappa shape index (κ3) is 63.1. The molecule has 2 unspecified atom stereocenters. The van der Waals surface area contributed by atoms with Gasteiger partial charge in [-0.15, -0.1) is 0 Å². The van der Waals surface area contributed by atoms with Gasteiger partial charge in [0.05, 0.1) is 25.4 Å². The van der Waals surface area contributed by atoms with Crippen molar-refractivity contribution in [3.8, 4) is 0 Å². The molecule has 0 aliphatic heterocycles. The molecule has 0 saturated carbocycles. The maximum absolute atomic E-state index is 12.5. The first-order valence-electron chi connectivity index (χ1n) is 34.8. The fourth-order valence-corrected chi connectivity index (χ4v) is 10.8. The van der Waals surface area contributed by atoms with Gasteiger partial charge in [-0.2, -0.15) is 0 Å². The number of unbranched alkanes of at least 4 members (excludes halogenated alkanes) is 50. The van der Waals surface area contributed by atoms with Crippen molar-refractivity contribution in [2.75, 3.05) is 13.2 Å². The van der Waals surface area contributed by atoms with Crippen molar-refractivity contribution < 1.29 is 24.5 Å². The van der Waals surface area contributed by atoms with E-state index in [2.05, 4.69) is 43.5 Å². The molecule has 454 valence electrons. The summed E-state index contributed by atoms with van der Waals surface area (Å²) in [5.41, 5.74) is 0. The molecule has 0 fully saturated rings. The Morgan fingerprint density at radius 2 is 0.649 bits per heavy atom. The van der Waals surface area contributed by atoms with E-state index in [0.717, 1.165) is 51.4 Å². The average Bonchev–Trinajstić information content (AvgIpc) is 3.43. The zero-order valence-corrected chi connectivity index (χ0v) is 52.0. The Balaban J connectivity index is 3.35. The molecule has 0 rings (SSSR count). The Morgan fingerprint density at radius 3 is 1.00 bits per heavy atom. The van der Waals surface area contributed by atoms with E-state index in [1.165, 1.54) is 302 Å². The summed E-state index contributed by atoms with van der Waals surface area (Å²) in [5, 5.41) is 23.2. The first-order chi connectivity index (χ1) is 38.0. The van der Waals surface area contributed by atoms with Gasteiger partial charge in [0.15, 0.2) is 0 Å². The molecular formula is C71H135NO5. The predicted octanol–water partition coefficient (Wildman–Crippen LogP) is 22.3. The van der Waals surface area contributed by atoms with E-state index in [0.29, 0.717) is 19.4 Å². The molecule has 6 nitrogen and oxygen atoms in total. The largest absolute Gasteiger partial charge is 0.466 e. The third-order valence-electron chi connectivity index (χ3n) is 16.2. The lowest BCUT2D eigenvalue weighted by atomic mass is 10.0. The first kappa shape index (κ1) is 75.1. The van der Waals surface area contributed by atoms with Gasteiger partial charge in [-0.05, 0) is 64.2 Å². The number of aliphatic hydroxyl groups is 2. The van der Waals surface area contributed by atoms with Gasteiger partial charge in [0.2, 0.25) is 5.91 Å². The SMILES string of the molecule is CCCCCC/C=C\C/C=C\CCCCCCCC(=O)OCCCCCCCCCCCCCCCCCCCCCCCCCCCCCCCC(=O)NC(CO)C(O)/C=C/CCCCCCCCCCCCCCC. The molecule has 6 heteroatoms. The molecule has 0 aromatic rings. The number of ether oxygens (including phenoxy) is 1. The van der Waals surface area contributed by atoms with Crippen LogP contribution in [0, 0.1) is 0 Å². The predicted molar refractivity (Wildman–Crippen MR) is 338 cm³/mol. The van der Waals surface area contributed by atoms with Gasteiger partial charge in [-0.3, -0.25) is 9.59 Å². The summed E-state index contributed by atoms with van der Waals surface area (Å²) < 4.78 is 5.49. The van der Waals surface area contributed by atoms with Crippen LogP contribution in [0.2, 0.25) is 0 Å². The molecule has 1 amide bonds. The molecule has 77 heavy (non-hydrogen) atoms. The van der Waals surface area contributed by atoms with Crippen LogP contribution in [0.1, 0.15) is 380 Å². The lowest BCUT2D eigenvalue weighted by Crippen LogP contribution is -2.45. The Morgan fingerprint density at radius 1 is 0.364 bits per heavy atom. The normalized spacial score (nSPS) is 12.7. The van der Waals surface area contributed by atoms with Crippen LogP contribution in [0.5, 0.6) is 0 Å². The van der Waals surface area contributed by atoms with E-state index in [9.17, 15) is 19.8 Å². The summed E-state index contributed by atoms with van der Waals surface area (Å²) in [7, 11) is 0. The van der Waals surface area contributed by atoms with Crippen LogP contribution in [0.25, 0.3) is 0 Å². The van der Waals surface area contributed by atoms with Gasteiger partial charge < -0.3 is 20.3 Å². The second-order valence-corrected chi connectivity index (χ2v) is 23.9. The minimum absolute atomic E-state index is 0.00593. The lowest BCUT2D eigenvalue weighted by Gasteiger charge is -2.20. The van der Waals surface area contributed by atoms with Gasteiger partial charge in [0.1, 0.15) is 0 Å². The van der Waals surface area contributed by atoms with Gasteiger partial charge in [0.25, 0.3) is 0 Å². The van der Waals surface area contributed by atoms with Crippen molar-refractivity contribution in [3.05, 3.63) is 36.5 Å². The molecule has 0 heterocycles. The van der Waals surface area contributed by atoms with Crippen molar-refractivity contribution in [1.82, 2.24) is 5.32 Å². The number of hydrogen-bond donors (Lipinski definition) is 3. The molecule has 0 bridgehead atoms. The zero-order valence-electron chi connectivity index (χ0n) is 52.0. The maximum Gasteiger partial charge on any atom is 0.305 e. The number of esters is 1. The van der Waals surface area contributed by atoms with Crippen LogP contribution in [0.4, 0.5) is 0 Å². The standard InChI is InChI=1S/C71H135NO5/c1-3-5-7-9-11-13-15-17-19-37-41-45-49-53-57-61-65-71(76)77-66-62-58-54-50-46-42-38-34-32-30-28-26-24-22-20-21-23-25-27-29-31-33-36-40-44-48-52-56-60-64-70(75)72-68(67-73)69(74)63-59-55-51-47-43-39-35-18-16-14-12-10-8-6-4-2/h13,15,19,37,59,63,68-69,73-74H,3-12,14,16-18,20-36,38-58,60-62,64-67H2,1-2H3,(H,72,75)/b15-13-,37-19-,63-59+. The maximum atomic E-state index is 12.5. The Hall–Kier alpha value is -1.92. The molecule has 0 aliphatic rings. The number of hydrogen-bond acceptors (Lipinski definition) is 5. The second kappa shape index (κ2) is 66.6. The average molecular weight is 1080 g/mol. The topological polar surface area (TPSA) is 95.9 Å². The molecule has 0 aromatic heterocycles. The molecular weight excluding hydrogens is 947 g/mol. The summed E-state index contributed by atoms with van der Waals surface area (Å²) >= 11 is 0.